The van der Waals surface area contributed by atoms with Crippen LogP contribution in [0.4, 0.5) is 0 Å². The minimum Gasteiger partial charge on any atom is -0.337 e. The molecular formula is C13H17BrN2O. The molecule has 2 N–H and O–H groups in total. The van der Waals surface area contributed by atoms with Gasteiger partial charge in [0.1, 0.15) is 0 Å². The van der Waals surface area contributed by atoms with Gasteiger partial charge in [-0.05, 0) is 43.0 Å². The van der Waals surface area contributed by atoms with Crippen LogP contribution in [0.2, 0.25) is 0 Å². The molecule has 1 aromatic carbocycles. The van der Waals surface area contributed by atoms with E-state index in [1.807, 2.05) is 31.3 Å². The Bertz CT molecular complexity index is 400. The predicted molar refractivity (Wildman–Crippen MR) is 71.8 cm³/mol. The molecule has 1 aliphatic carbocycles. The number of nitrogens with zero attached hydrogens (tertiary/aromatic N) is 1. The number of carbonyl (C=O) groups is 1. The highest BCUT2D eigenvalue weighted by molar-refractivity contribution is 9.10. The first-order valence-electron chi connectivity index (χ1n) is 5.86. The largest absolute Gasteiger partial charge is 0.337 e. The van der Waals surface area contributed by atoms with E-state index in [9.17, 15) is 4.79 Å². The molecule has 4 heteroatoms. The number of hydrogen-bond acceptors (Lipinski definition) is 2. The molecule has 17 heavy (non-hydrogen) atoms. The molecule has 1 atom stereocenters. The molecule has 1 amide bonds. The van der Waals surface area contributed by atoms with E-state index in [4.69, 9.17) is 5.73 Å². The summed E-state index contributed by atoms with van der Waals surface area (Å²) in [5.74, 6) is 0.657. The van der Waals surface area contributed by atoms with E-state index in [1.165, 1.54) is 12.8 Å². The topological polar surface area (TPSA) is 46.3 Å². The molecule has 1 aromatic rings. The molecule has 1 fully saturated rings. The normalized spacial score (nSPS) is 16.6. The third-order valence-corrected chi connectivity index (χ3v) is 3.85. The van der Waals surface area contributed by atoms with Gasteiger partial charge in [0.15, 0.2) is 0 Å². The van der Waals surface area contributed by atoms with Crippen molar-refractivity contribution in [2.75, 3.05) is 13.6 Å². The summed E-state index contributed by atoms with van der Waals surface area (Å²) in [6.07, 6.45) is 2.39. The molecule has 0 saturated heterocycles. The number of hydrogen-bond donors (Lipinski definition) is 1. The lowest BCUT2D eigenvalue weighted by molar-refractivity contribution is 0.0718. The molecule has 0 aliphatic heterocycles. The predicted octanol–water partition coefficient (Wildman–Crippen LogP) is 2.26. The third kappa shape index (κ3) is 2.87. The molecule has 3 nitrogen and oxygen atoms in total. The van der Waals surface area contributed by atoms with E-state index >= 15 is 0 Å². The number of likely N-dealkylation sites (N-methyl/N-ethyl adjacent to an activating group) is 1. The zero-order valence-corrected chi connectivity index (χ0v) is 11.5. The van der Waals surface area contributed by atoms with Gasteiger partial charge in [0.25, 0.3) is 5.91 Å². The first-order chi connectivity index (χ1) is 8.13. The van der Waals surface area contributed by atoms with E-state index in [1.54, 1.807) is 4.90 Å². The van der Waals surface area contributed by atoms with Crippen molar-refractivity contribution in [2.24, 2.45) is 11.7 Å². The van der Waals surface area contributed by atoms with Gasteiger partial charge < -0.3 is 10.6 Å². The zero-order valence-electron chi connectivity index (χ0n) is 9.90. The Kier molecular flexibility index (Phi) is 3.84. The average Bonchev–Trinajstić information content (AvgIpc) is 3.14. The Hall–Kier alpha value is -0.870. The maximum Gasteiger partial charge on any atom is 0.253 e. The summed E-state index contributed by atoms with van der Waals surface area (Å²) in [6.45, 7) is 0.545. The quantitative estimate of drug-likeness (QED) is 0.926. The Labute approximate surface area is 110 Å². The van der Waals surface area contributed by atoms with E-state index in [0.717, 1.165) is 10.0 Å². The van der Waals surface area contributed by atoms with Crippen LogP contribution < -0.4 is 5.73 Å². The van der Waals surface area contributed by atoms with Crippen molar-refractivity contribution in [3.8, 4) is 0 Å². The number of rotatable bonds is 4. The molecule has 0 aromatic heterocycles. The average molecular weight is 297 g/mol. The van der Waals surface area contributed by atoms with Crippen LogP contribution >= 0.6 is 15.9 Å². The first-order valence-corrected chi connectivity index (χ1v) is 6.65. The highest BCUT2D eigenvalue weighted by atomic mass is 79.9. The number of nitrogens with two attached hydrogens (primary N) is 1. The molecule has 0 heterocycles. The summed E-state index contributed by atoms with van der Waals surface area (Å²) in [4.78, 5) is 14.0. The van der Waals surface area contributed by atoms with Crippen LogP contribution in [-0.2, 0) is 0 Å². The van der Waals surface area contributed by atoms with E-state index in [0.29, 0.717) is 12.5 Å². The van der Waals surface area contributed by atoms with E-state index in [2.05, 4.69) is 15.9 Å². The standard InChI is InChI=1S/C13H17BrN2O/c1-16(12(8-15)9-2-3-9)13(17)10-4-6-11(14)7-5-10/h4-7,9,12H,2-3,8,15H2,1H3. The third-order valence-electron chi connectivity index (χ3n) is 3.32. The van der Waals surface area contributed by atoms with Gasteiger partial charge in [0, 0.05) is 29.7 Å². The van der Waals surface area contributed by atoms with Crippen LogP contribution in [0.5, 0.6) is 0 Å². The Morgan fingerprint density at radius 1 is 1.47 bits per heavy atom. The number of carbonyl (C=O) groups excluding carboxylic acids is 1. The monoisotopic (exact) mass is 296 g/mol. The second-order valence-electron chi connectivity index (χ2n) is 4.56. The smallest absolute Gasteiger partial charge is 0.253 e. The molecule has 92 valence electrons. The van der Waals surface area contributed by atoms with Gasteiger partial charge in [0.2, 0.25) is 0 Å². The molecular weight excluding hydrogens is 280 g/mol. The summed E-state index contributed by atoms with van der Waals surface area (Å²) < 4.78 is 0.981. The van der Waals surface area contributed by atoms with Crippen LogP contribution in [0, 0.1) is 5.92 Å². The van der Waals surface area contributed by atoms with Crippen LogP contribution in [0.15, 0.2) is 28.7 Å². The molecule has 0 radical (unpaired) electrons. The molecule has 1 saturated carbocycles. The highest BCUT2D eigenvalue weighted by Gasteiger charge is 2.34. The lowest BCUT2D eigenvalue weighted by Crippen LogP contribution is -2.43. The zero-order chi connectivity index (χ0) is 12.4. The molecule has 1 aliphatic rings. The fourth-order valence-electron chi connectivity index (χ4n) is 2.09. The van der Waals surface area contributed by atoms with Crippen molar-refractivity contribution in [3.63, 3.8) is 0 Å². The maximum absolute atomic E-state index is 12.2. The summed E-state index contributed by atoms with van der Waals surface area (Å²) in [5.41, 5.74) is 6.47. The summed E-state index contributed by atoms with van der Waals surface area (Å²) in [5, 5.41) is 0. The number of amides is 1. The lowest BCUT2D eigenvalue weighted by atomic mass is 10.1. The summed E-state index contributed by atoms with van der Waals surface area (Å²) in [6, 6.07) is 7.63. The fraction of sp³-hybridized carbons (Fsp3) is 0.462. The second kappa shape index (κ2) is 5.19. The molecule has 1 unspecified atom stereocenters. The minimum absolute atomic E-state index is 0.0554. The van der Waals surface area contributed by atoms with Gasteiger partial charge >= 0.3 is 0 Å². The van der Waals surface area contributed by atoms with E-state index < -0.39 is 0 Å². The number of halogens is 1. The minimum atomic E-state index is 0.0554. The van der Waals surface area contributed by atoms with Crippen molar-refractivity contribution >= 4 is 21.8 Å². The maximum atomic E-state index is 12.2. The van der Waals surface area contributed by atoms with Gasteiger partial charge in [-0.1, -0.05) is 15.9 Å². The van der Waals surface area contributed by atoms with Gasteiger partial charge in [-0.25, -0.2) is 0 Å². The Balaban J connectivity index is 2.10. The van der Waals surface area contributed by atoms with Crippen molar-refractivity contribution in [1.29, 1.82) is 0 Å². The van der Waals surface area contributed by atoms with Crippen molar-refractivity contribution < 1.29 is 4.79 Å². The van der Waals surface area contributed by atoms with Gasteiger partial charge in [-0.3, -0.25) is 4.79 Å². The molecule has 2 rings (SSSR count). The van der Waals surface area contributed by atoms with E-state index in [-0.39, 0.29) is 11.9 Å². The van der Waals surface area contributed by atoms with Gasteiger partial charge in [-0.15, -0.1) is 0 Å². The van der Waals surface area contributed by atoms with Crippen LogP contribution in [0.1, 0.15) is 23.2 Å². The first kappa shape index (κ1) is 12.6. The highest BCUT2D eigenvalue weighted by Crippen LogP contribution is 2.34. The van der Waals surface area contributed by atoms with Gasteiger partial charge in [-0.2, -0.15) is 0 Å². The second-order valence-corrected chi connectivity index (χ2v) is 5.48. The molecule has 0 spiro atoms. The summed E-state index contributed by atoms with van der Waals surface area (Å²) in [7, 11) is 1.85. The van der Waals surface area contributed by atoms with Crippen molar-refractivity contribution in [1.82, 2.24) is 4.90 Å². The fourth-order valence-corrected chi connectivity index (χ4v) is 2.36. The van der Waals surface area contributed by atoms with Crippen LogP contribution in [0.25, 0.3) is 0 Å². The lowest BCUT2D eigenvalue weighted by Gasteiger charge is -2.27. The Morgan fingerprint density at radius 3 is 2.53 bits per heavy atom. The van der Waals surface area contributed by atoms with Crippen LogP contribution in [-0.4, -0.2) is 30.4 Å². The number of benzene rings is 1. The Morgan fingerprint density at radius 2 is 2.06 bits per heavy atom. The van der Waals surface area contributed by atoms with Gasteiger partial charge in [0.05, 0.1) is 0 Å². The SMILES string of the molecule is CN(C(=O)c1ccc(Br)cc1)C(CN)C1CC1. The van der Waals surface area contributed by atoms with Crippen molar-refractivity contribution in [3.05, 3.63) is 34.3 Å². The van der Waals surface area contributed by atoms with Crippen LogP contribution in [0.3, 0.4) is 0 Å². The van der Waals surface area contributed by atoms with Crippen molar-refractivity contribution in [2.45, 2.75) is 18.9 Å². The molecule has 0 bridgehead atoms. The summed E-state index contributed by atoms with van der Waals surface area (Å²) >= 11 is 3.36.